The second-order valence-electron chi connectivity index (χ2n) is 3.89. The predicted molar refractivity (Wildman–Crippen MR) is 54.9 cm³/mol. The Balaban J connectivity index is 2.24. The molecule has 80 valence electrons. The first-order valence-corrected chi connectivity index (χ1v) is 4.88. The van der Waals surface area contributed by atoms with E-state index in [1.807, 2.05) is 0 Å². The van der Waals surface area contributed by atoms with Crippen molar-refractivity contribution in [2.24, 2.45) is 0 Å². The second kappa shape index (κ2) is 3.46. The average Bonchev–Trinajstić information content (AvgIpc) is 2.97. The molecule has 1 aliphatic rings. The normalized spacial score (nSPS) is 15.0. The third-order valence-corrected chi connectivity index (χ3v) is 2.56. The van der Waals surface area contributed by atoms with E-state index in [0.717, 1.165) is 12.8 Å². The number of hydrogen-bond donors (Lipinski definition) is 2. The van der Waals surface area contributed by atoms with E-state index >= 15 is 0 Å². The van der Waals surface area contributed by atoms with E-state index in [0.29, 0.717) is 11.6 Å². The van der Waals surface area contributed by atoms with Crippen LogP contribution in [0.3, 0.4) is 0 Å². The number of carbonyl (C=O) groups excluding carboxylic acids is 1. The highest BCUT2D eigenvalue weighted by molar-refractivity contribution is 5.95. The average molecular weight is 207 g/mol. The Morgan fingerprint density at radius 1 is 1.27 bits per heavy atom. The predicted octanol–water partition coefficient (Wildman–Crippen LogP) is 1.33. The number of benzene rings is 1. The van der Waals surface area contributed by atoms with Crippen LogP contribution in [0, 0.1) is 0 Å². The van der Waals surface area contributed by atoms with Gasteiger partial charge in [0.2, 0.25) is 0 Å². The van der Waals surface area contributed by atoms with Gasteiger partial charge in [-0.1, -0.05) is 0 Å². The molecule has 1 aromatic rings. The van der Waals surface area contributed by atoms with E-state index in [1.165, 1.54) is 18.2 Å². The van der Waals surface area contributed by atoms with E-state index < -0.39 is 0 Å². The molecule has 0 aromatic heterocycles. The summed E-state index contributed by atoms with van der Waals surface area (Å²) in [6, 6.07) is 4.25. The fourth-order valence-corrected chi connectivity index (χ4v) is 1.55. The molecule has 0 bridgehead atoms. The topological polar surface area (TPSA) is 60.8 Å². The third-order valence-electron chi connectivity index (χ3n) is 2.56. The molecule has 2 N–H and O–H groups in total. The first-order valence-electron chi connectivity index (χ1n) is 4.88. The molecule has 4 nitrogen and oxygen atoms in total. The van der Waals surface area contributed by atoms with E-state index in [1.54, 1.807) is 11.9 Å². The highest BCUT2D eigenvalue weighted by Gasteiger charge is 2.30. The SMILES string of the molecule is CN(C(=O)c1cc(O)cc(O)c1)C1CC1. The summed E-state index contributed by atoms with van der Waals surface area (Å²) in [6.45, 7) is 0. The molecule has 0 saturated heterocycles. The van der Waals surface area contributed by atoms with Crippen LogP contribution in [0.4, 0.5) is 0 Å². The lowest BCUT2D eigenvalue weighted by molar-refractivity contribution is 0.0784. The van der Waals surface area contributed by atoms with Crippen molar-refractivity contribution in [3.8, 4) is 11.5 Å². The summed E-state index contributed by atoms with van der Waals surface area (Å²) < 4.78 is 0. The van der Waals surface area contributed by atoms with E-state index in [9.17, 15) is 15.0 Å². The molecule has 1 saturated carbocycles. The first-order chi connectivity index (χ1) is 7.08. The van der Waals surface area contributed by atoms with Crippen molar-refractivity contribution in [3.05, 3.63) is 23.8 Å². The Morgan fingerprint density at radius 3 is 2.27 bits per heavy atom. The summed E-state index contributed by atoms with van der Waals surface area (Å²) in [7, 11) is 1.74. The Bertz CT molecular complexity index is 379. The van der Waals surface area contributed by atoms with Gasteiger partial charge in [0.05, 0.1) is 0 Å². The van der Waals surface area contributed by atoms with Gasteiger partial charge in [0, 0.05) is 24.7 Å². The van der Waals surface area contributed by atoms with Crippen molar-refractivity contribution in [1.82, 2.24) is 4.90 Å². The number of rotatable bonds is 2. The van der Waals surface area contributed by atoms with Crippen LogP contribution in [0.25, 0.3) is 0 Å². The molecule has 2 rings (SSSR count). The van der Waals surface area contributed by atoms with Crippen molar-refractivity contribution in [1.29, 1.82) is 0 Å². The molecule has 4 heteroatoms. The summed E-state index contributed by atoms with van der Waals surface area (Å²) >= 11 is 0. The molecule has 1 aliphatic carbocycles. The molecule has 1 fully saturated rings. The summed E-state index contributed by atoms with van der Waals surface area (Å²) in [6.07, 6.45) is 2.07. The van der Waals surface area contributed by atoms with Crippen LogP contribution in [0.1, 0.15) is 23.2 Å². The van der Waals surface area contributed by atoms with Gasteiger partial charge >= 0.3 is 0 Å². The lowest BCUT2D eigenvalue weighted by Gasteiger charge is -2.16. The van der Waals surface area contributed by atoms with Crippen molar-refractivity contribution >= 4 is 5.91 Å². The third kappa shape index (κ3) is 2.03. The van der Waals surface area contributed by atoms with Crippen LogP contribution in [-0.4, -0.2) is 34.1 Å². The van der Waals surface area contributed by atoms with Crippen LogP contribution in [0.2, 0.25) is 0 Å². The Labute approximate surface area is 87.8 Å². The van der Waals surface area contributed by atoms with Crippen molar-refractivity contribution in [2.45, 2.75) is 18.9 Å². The molecule has 0 heterocycles. The van der Waals surface area contributed by atoms with E-state index in [-0.39, 0.29) is 17.4 Å². The van der Waals surface area contributed by atoms with Gasteiger partial charge in [-0.05, 0) is 25.0 Å². The number of phenolic OH excluding ortho intramolecular Hbond substituents is 2. The minimum Gasteiger partial charge on any atom is -0.508 e. The number of nitrogens with zero attached hydrogens (tertiary/aromatic N) is 1. The second-order valence-corrected chi connectivity index (χ2v) is 3.89. The van der Waals surface area contributed by atoms with Crippen molar-refractivity contribution < 1.29 is 15.0 Å². The fraction of sp³-hybridized carbons (Fsp3) is 0.364. The molecular weight excluding hydrogens is 194 g/mol. The molecule has 0 aliphatic heterocycles. The zero-order chi connectivity index (χ0) is 11.0. The monoisotopic (exact) mass is 207 g/mol. The summed E-state index contributed by atoms with van der Waals surface area (Å²) in [5.41, 5.74) is 0.321. The lowest BCUT2D eigenvalue weighted by atomic mass is 10.2. The Morgan fingerprint density at radius 2 is 1.80 bits per heavy atom. The van der Waals surface area contributed by atoms with Gasteiger partial charge in [-0.3, -0.25) is 4.79 Å². The molecule has 0 atom stereocenters. The van der Waals surface area contributed by atoms with Gasteiger partial charge in [0.25, 0.3) is 5.91 Å². The van der Waals surface area contributed by atoms with Crippen LogP contribution in [0.5, 0.6) is 11.5 Å². The summed E-state index contributed by atoms with van der Waals surface area (Å²) in [4.78, 5) is 13.5. The standard InChI is InChI=1S/C11H13NO3/c1-12(8-2-3-8)11(15)7-4-9(13)6-10(14)5-7/h4-6,8,13-14H,2-3H2,1H3. The molecule has 1 amide bonds. The van der Waals surface area contributed by atoms with Crippen molar-refractivity contribution in [3.63, 3.8) is 0 Å². The maximum atomic E-state index is 11.8. The van der Waals surface area contributed by atoms with Gasteiger partial charge in [0.1, 0.15) is 11.5 Å². The van der Waals surface area contributed by atoms with Gasteiger partial charge in [0.15, 0.2) is 0 Å². The summed E-state index contributed by atoms with van der Waals surface area (Å²) in [5, 5.41) is 18.5. The number of hydrogen-bond acceptors (Lipinski definition) is 3. The number of carbonyl (C=O) groups is 1. The molecule has 0 radical (unpaired) electrons. The highest BCUT2D eigenvalue weighted by atomic mass is 16.3. The molecule has 0 spiro atoms. The Hall–Kier alpha value is -1.71. The Kier molecular flexibility index (Phi) is 2.26. The highest BCUT2D eigenvalue weighted by Crippen LogP contribution is 2.28. The van der Waals surface area contributed by atoms with Gasteiger partial charge in [-0.2, -0.15) is 0 Å². The van der Waals surface area contributed by atoms with Gasteiger partial charge < -0.3 is 15.1 Å². The summed E-state index contributed by atoms with van der Waals surface area (Å²) in [5.74, 6) is -0.353. The smallest absolute Gasteiger partial charge is 0.254 e. The fourth-order valence-electron chi connectivity index (χ4n) is 1.55. The zero-order valence-corrected chi connectivity index (χ0v) is 8.47. The van der Waals surface area contributed by atoms with E-state index in [4.69, 9.17) is 0 Å². The lowest BCUT2D eigenvalue weighted by Crippen LogP contribution is -2.28. The van der Waals surface area contributed by atoms with Crippen molar-refractivity contribution in [2.75, 3.05) is 7.05 Å². The minimum atomic E-state index is -0.163. The number of amides is 1. The molecule has 1 aromatic carbocycles. The molecular formula is C11H13NO3. The first kappa shape index (κ1) is 9.83. The zero-order valence-electron chi connectivity index (χ0n) is 8.47. The van der Waals surface area contributed by atoms with E-state index in [2.05, 4.69) is 0 Å². The minimum absolute atomic E-state index is 0.0949. The number of phenols is 2. The number of aromatic hydroxyl groups is 2. The van der Waals surface area contributed by atoms with Gasteiger partial charge in [-0.25, -0.2) is 0 Å². The molecule has 0 unspecified atom stereocenters. The van der Waals surface area contributed by atoms with Crippen LogP contribution >= 0.6 is 0 Å². The van der Waals surface area contributed by atoms with Crippen LogP contribution in [-0.2, 0) is 0 Å². The van der Waals surface area contributed by atoms with Crippen LogP contribution in [0.15, 0.2) is 18.2 Å². The van der Waals surface area contributed by atoms with Crippen LogP contribution < -0.4 is 0 Å². The maximum Gasteiger partial charge on any atom is 0.254 e. The largest absolute Gasteiger partial charge is 0.508 e. The quantitative estimate of drug-likeness (QED) is 0.769. The van der Waals surface area contributed by atoms with Gasteiger partial charge in [-0.15, -0.1) is 0 Å². The molecule has 15 heavy (non-hydrogen) atoms. The maximum absolute atomic E-state index is 11.8.